The van der Waals surface area contributed by atoms with Crippen LogP contribution < -0.4 is 15.5 Å². The Hall–Kier alpha value is -3.15. The van der Waals surface area contributed by atoms with Crippen LogP contribution in [0.5, 0.6) is 0 Å². The average molecular weight is 436 g/mol. The van der Waals surface area contributed by atoms with Crippen molar-refractivity contribution in [2.75, 3.05) is 16.8 Å². The van der Waals surface area contributed by atoms with Gasteiger partial charge in [-0.2, -0.15) is 0 Å². The molecule has 6 heteroatoms. The van der Waals surface area contributed by atoms with Crippen LogP contribution in [0.4, 0.5) is 11.4 Å². The lowest BCUT2D eigenvalue weighted by Crippen LogP contribution is -2.34. The Morgan fingerprint density at radius 2 is 1.75 bits per heavy atom. The molecule has 3 atom stereocenters. The summed E-state index contributed by atoms with van der Waals surface area (Å²) in [5, 5.41) is 5.86. The highest BCUT2D eigenvalue weighted by atomic mass is 16.2. The van der Waals surface area contributed by atoms with Gasteiger partial charge < -0.3 is 15.5 Å². The maximum absolute atomic E-state index is 12.9. The molecule has 6 nitrogen and oxygen atoms in total. The van der Waals surface area contributed by atoms with E-state index in [0.717, 1.165) is 28.9 Å². The summed E-state index contributed by atoms with van der Waals surface area (Å²) in [6.07, 6.45) is 1.63. The van der Waals surface area contributed by atoms with Gasteiger partial charge in [0.15, 0.2) is 0 Å². The van der Waals surface area contributed by atoms with E-state index in [4.69, 9.17) is 0 Å². The molecular formula is C26H33N3O3. The van der Waals surface area contributed by atoms with Crippen LogP contribution in [0.1, 0.15) is 70.0 Å². The van der Waals surface area contributed by atoms with Crippen LogP contribution in [-0.4, -0.2) is 24.3 Å². The molecule has 2 aromatic carbocycles. The second-order valence-corrected chi connectivity index (χ2v) is 8.53. The first-order valence-electron chi connectivity index (χ1n) is 11.4. The van der Waals surface area contributed by atoms with Gasteiger partial charge in [-0.3, -0.25) is 14.4 Å². The van der Waals surface area contributed by atoms with Gasteiger partial charge >= 0.3 is 0 Å². The summed E-state index contributed by atoms with van der Waals surface area (Å²) in [7, 11) is 0. The van der Waals surface area contributed by atoms with E-state index in [0.29, 0.717) is 18.9 Å². The maximum Gasteiger partial charge on any atom is 0.227 e. The average Bonchev–Trinajstić information content (AvgIpc) is 3.20. The molecule has 3 unspecified atom stereocenters. The predicted molar refractivity (Wildman–Crippen MR) is 128 cm³/mol. The van der Waals surface area contributed by atoms with Crippen molar-refractivity contribution in [3.05, 3.63) is 59.7 Å². The molecule has 3 amide bonds. The van der Waals surface area contributed by atoms with Gasteiger partial charge in [-0.05, 0) is 48.6 Å². The van der Waals surface area contributed by atoms with Crippen molar-refractivity contribution in [3.63, 3.8) is 0 Å². The summed E-state index contributed by atoms with van der Waals surface area (Å²) in [5.41, 5.74) is 3.74. The number of nitrogens with one attached hydrogen (secondary N) is 2. The number of nitrogens with zero attached hydrogens (tertiary/aromatic N) is 1. The lowest BCUT2D eigenvalue weighted by Gasteiger charge is -2.23. The van der Waals surface area contributed by atoms with E-state index in [1.54, 1.807) is 11.8 Å². The van der Waals surface area contributed by atoms with Crippen molar-refractivity contribution in [1.82, 2.24) is 5.32 Å². The predicted octanol–water partition coefficient (Wildman–Crippen LogP) is 4.78. The van der Waals surface area contributed by atoms with E-state index in [1.807, 2.05) is 49.4 Å². The fourth-order valence-electron chi connectivity index (χ4n) is 4.01. The van der Waals surface area contributed by atoms with Crippen LogP contribution in [0, 0.1) is 5.92 Å². The van der Waals surface area contributed by atoms with Crippen molar-refractivity contribution in [3.8, 4) is 0 Å². The number of amides is 3. The summed E-state index contributed by atoms with van der Waals surface area (Å²) >= 11 is 0. The largest absolute Gasteiger partial charge is 0.349 e. The topological polar surface area (TPSA) is 78.5 Å². The summed E-state index contributed by atoms with van der Waals surface area (Å²) in [4.78, 5) is 39.0. The van der Waals surface area contributed by atoms with Gasteiger partial charge in [-0.15, -0.1) is 0 Å². The molecule has 0 radical (unpaired) electrons. The Morgan fingerprint density at radius 3 is 2.41 bits per heavy atom. The maximum atomic E-state index is 12.9. The number of benzene rings is 2. The number of carbonyl (C=O) groups excluding carboxylic acids is 3. The molecule has 1 saturated heterocycles. The minimum absolute atomic E-state index is 0.00965. The van der Waals surface area contributed by atoms with E-state index in [1.165, 1.54) is 0 Å². The molecular weight excluding hydrogens is 402 g/mol. The number of anilines is 2. The first-order valence-corrected chi connectivity index (χ1v) is 11.4. The summed E-state index contributed by atoms with van der Waals surface area (Å²) < 4.78 is 0. The van der Waals surface area contributed by atoms with Gasteiger partial charge in [0.25, 0.3) is 0 Å². The van der Waals surface area contributed by atoms with E-state index in [2.05, 4.69) is 30.5 Å². The lowest BCUT2D eigenvalue weighted by molar-refractivity contribution is -0.126. The van der Waals surface area contributed by atoms with Crippen LogP contribution in [-0.2, 0) is 14.4 Å². The van der Waals surface area contributed by atoms with E-state index < -0.39 is 0 Å². The Labute approximate surface area is 190 Å². The Balaban J connectivity index is 1.64. The monoisotopic (exact) mass is 435 g/mol. The molecule has 1 heterocycles. The van der Waals surface area contributed by atoms with Crippen LogP contribution >= 0.6 is 0 Å². The molecule has 2 N–H and O–H groups in total. The van der Waals surface area contributed by atoms with E-state index in [-0.39, 0.29) is 36.1 Å². The zero-order valence-electron chi connectivity index (χ0n) is 19.4. The molecule has 2 aromatic rings. The Kier molecular flexibility index (Phi) is 7.67. The molecule has 0 spiro atoms. The van der Waals surface area contributed by atoms with Crippen LogP contribution in [0.3, 0.4) is 0 Å². The van der Waals surface area contributed by atoms with Gasteiger partial charge in [-0.1, -0.05) is 51.1 Å². The third-order valence-corrected chi connectivity index (χ3v) is 6.24. The number of hydrogen-bond donors (Lipinski definition) is 2. The standard InChI is InChI=1S/C26H33N3O3/c1-5-17(3)22-9-7-8-10-23(22)29-16-20(15-25(29)31)26(32)27-18(4)19-11-13-21(14-12-19)28-24(30)6-2/h7-14,17-18,20H,5-6,15-16H2,1-4H3,(H,27,32)(H,28,30). The normalized spacial score (nSPS) is 17.7. The molecule has 0 saturated carbocycles. The van der Waals surface area contributed by atoms with Crippen molar-refractivity contribution in [2.45, 2.75) is 58.9 Å². The molecule has 0 bridgehead atoms. The van der Waals surface area contributed by atoms with Crippen LogP contribution in [0.2, 0.25) is 0 Å². The molecule has 170 valence electrons. The van der Waals surface area contributed by atoms with Crippen molar-refractivity contribution < 1.29 is 14.4 Å². The number of hydrogen-bond acceptors (Lipinski definition) is 3. The van der Waals surface area contributed by atoms with E-state index in [9.17, 15) is 14.4 Å². The van der Waals surface area contributed by atoms with Gasteiger partial charge in [-0.25, -0.2) is 0 Å². The molecule has 1 aliphatic heterocycles. The molecule has 0 aliphatic carbocycles. The smallest absolute Gasteiger partial charge is 0.227 e. The summed E-state index contributed by atoms with van der Waals surface area (Å²) in [6, 6.07) is 15.2. The fraction of sp³-hybridized carbons (Fsp3) is 0.423. The van der Waals surface area contributed by atoms with Crippen molar-refractivity contribution >= 4 is 29.1 Å². The minimum atomic E-state index is -0.377. The third kappa shape index (κ3) is 5.36. The zero-order valence-corrected chi connectivity index (χ0v) is 19.4. The van der Waals surface area contributed by atoms with Gasteiger partial charge in [0.1, 0.15) is 0 Å². The Morgan fingerprint density at radius 1 is 1.06 bits per heavy atom. The minimum Gasteiger partial charge on any atom is -0.349 e. The number of carbonyl (C=O) groups is 3. The number of para-hydroxylation sites is 1. The lowest BCUT2D eigenvalue weighted by atomic mass is 9.96. The molecule has 1 aliphatic rings. The van der Waals surface area contributed by atoms with Gasteiger partial charge in [0.05, 0.1) is 12.0 Å². The van der Waals surface area contributed by atoms with Gasteiger partial charge in [0.2, 0.25) is 17.7 Å². The first-order chi connectivity index (χ1) is 15.3. The quantitative estimate of drug-likeness (QED) is 0.626. The van der Waals surface area contributed by atoms with E-state index >= 15 is 0 Å². The molecule has 1 fully saturated rings. The fourth-order valence-corrected chi connectivity index (χ4v) is 4.01. The highest BCUT2D eigenvalue weighted by Gasteiger charge is 2.36. The number of rotatable bonds is 8. The third-order valence-electron chi connectivity index (χ3n) is 6.24. The second kappa shape index (κ2) is 10.4. The highest BCUT2D eigenvalue weighted by Crippen LogP contribution is 2.33. The second-order valence-electron chi connectivity index (χ2n) is 8.53. The summed E-state index contributed by atoms with van der Waals surface area (Å²) in [5.74, 6) is -0.193. The Bertz CT molecular complexity index is 971. The van der Waals surface area contributed by atoms with Crippen molar-refractivity contribution in [2.24, 2.45) is 5.92 Å². The zero-order chi connectivity index (χ0) is 23.3. The molecule has 0 aromatic heterocycles. The highest BCUT2D eigenvalue weighted by molar-refractivity contribution is 6.01. The molecule has 3 rings (SSSR count). The van der Waals surface area contributed by atoms with Crippen LogP contribution in [0.15, 0.2) is 48.5 Å². The van der Waals surface area contributed by atoms with Crippen LogP contribution in [0.25, 0.3) is 0 Å². The summed E-state index contributed by atoms with van der Waals surface area (Å²) in [6.45, 7) is 8.41. The first kappa shape index (κ1) is 23.5. The molecule has 32 heavy (non-hydrogen) atoms. The van der Waals surface area contributed by atoms with Gasteiger partial charge in [0, 0.05) is 30.8 Å². The SMILES string of the molecule is CCC(=O)Nc1ccc(C(C)NC(=O)C2CC(=O)N(c3ccccc3C(C)CC)C2)cc1. The van der Waals surface area contributed by atoms with Crippen molar-refractivity contribution in [1.29, 1.82) is 0 Å².